The molecule has 0 amide bonds. The molecule has 9 aromatic rings. The van der Waals surface area contributed by atoms with E-state index in [9.17, 15) is 48.6 Å². The average Bonchev–Trinajstić information content (AvgIpc) is 0.758. The van der Waals surface area contributed by atoms with E-state index in [1.54, 1.807) is 103 Å². The Labute approximate surface area is 605 Å². The van der Waals surface area contributed by atoms with Crippen LogP contribution in [-0.4, -0.2) is 176 Å². The summed E-state index contributed by atoms with van der Waals surface area (Å²) in [5.41, 5.74) is -0.284. The van der Waals surface area contributed by atoms with Crippen molar-refractivity contribution < 1.29 is 120 Å². The third-order valence-electron chi connectivity index (χ3n) is 17.1. The Bertz CT molecular complexity index is 4430. The molecule has 3 saturated heterocycles. The number of hydrogen-bond donors (Lipinski definition) is 2. The summed E-state index contributed by atoms with van der Waals surface area (Å²) >= 11 is 0. The molecule has 3 aliphatic heterocycles. The molecule has 0 aromatic heterocycles. The molecule has 106 heavy (non-hydrogen) atoms. The number of esters is 9. The normalized spacial score (nSPS) is 23.9. The second-order valence-corrected chi connectivity index (χ2v) is 24.2. The lowest BCUT2D eigenvalue weighted by atomic mass is 9.95. The van der Waals surface area contributed by atoms with E-state index >= 15 is 4.79 Å². The molecule has 9 unspecified atom stereocenters. The van der Waals surface area contributed by atoms with Crippen LogP contribution in [0.15, 0.2) is 273 Å². The first kappa shape index (κ1) is 73.7. The largest absolute Gasteiger partial charge is 0.459 e. The van der Waals surface area contributed by atoms with Crippen molar-refractivity contribution in [3.05, 3.63) is 323 Å². The van der Waals surface area contributed by atoms with Gasteiger partial charge in [-0.3, -0.25) is 0 Å². The minimum Gasteiger partial charge on any atom is -0.459 e. The summed E-state index contributed by atoms with van der Waals surface area (Å²) in [6.07, 6.45) is -31.6. The number of aliphatic hydroxyl groups is 2. The summed E-state index contributed by atoms with van der Waals surface area (Å²) < 4.78 is 88.9. The maximum Gasteiger partial charge on any atom is 0.338 e. The predicted molar refractivity (Wildman–Crippen MR) is 368 cm³/mol. The predicted octanol–water partition coefficient (Wildman–Crippen LogP) is 9.21. The summed E-state index contributed by atoms with van der Waals surface area (Å²) in [7, 11) is 0. The van der Waals surface area contributed by atoms with Gasteiger partial charge in [-0.15, -0.1) is 0 Å². The van der Waals surface area contributed by atoms with Gasteiger partial charge >= 0.3 is 53.7 Å². The van der Waals surface area contributed by atoms with E-state index in [4.69, 9.17) is 66.3 Å². The van der Waals surface area contributed by atoms with Crippen molar-refractivity contribution in [2.75, 3.05) is 19.8 Å². The van der Waals surface area contributed by atoms with Gasteiger partial charge in [-0.2, -0.15) is 0 Å². The molecule has 0 bridgehead atoms. The molecule has 9 aromatic carbocycles. The Morgan fingerprint density at radius 2 is 0.453 bits per heavy atom. The van der Waals surface area contributed by atoms with E-state index in [0.29, 0.717) is 0 Å². The second-order valence-electron chi connectivity index (χ2n) is 24.2. The molecule has 3 aliphatic rings. The average molecular weight is 1440 g/mol. The second kappa shape index (κ2) is 35.4. The maximum atomic E-state index is 15.2. The molecule has 0 saturated carbocycles. The molecule has 3 heterocycles. The zero-order valence-corrected chi connectivity index (χ0v) is 56.0. The van der Waals surface area contributed by atoms with Gasteiger partial charge in [-0.05, 0) is 109 Å². The van der Waals surface area contributed by atoms with Crippen molar-refractivity contribution in [3.63, 3.8) is 0 Å². The van der Waals surface area contributed by atoms with Crippen molar-refractivity contribution in [1.29, 1.82) is 0 Å². The van der Waals surface area contributed by atoms with Crippen LogP contribution in [0.5, 0.6) is 0 Å². The highest BCUT2D eigenvalue weighted by atomic mass is 16.8. The van der Waals surface area contributed by atoms with Crippen LogP contribution in [0.3, 0.4) is 0 Å². The summed E-state index contributed by atoms with van der Waals surface area (Å²) in [5.74, 6) is -9.38. The van der Waals surface area contributed by atoms with Crippen LogP contribution >= 0.6 is 0 Å². The number of benzene rings is 9. The fraction of sp³-hybridized carbons (Fsp3) is 0.222. The lowest BCUT2D eigenvalue weighted by Gasteiger charge is -2.50. The SMILES string of the molecule is O=C(OCC1O[C@H](OC2C(OC(=O)c3ccccc3)[C@@H](OC3C(OC(=O)c4ccccc4)[C@H](OC(=O)c4ccccc4)C(COC(=O)c4ccccc4)O[C@@H]3O)OC(COC(=O)c3ccccc3)[C@H]2OC(=O)c2ccccc2)C(OC(=O)c2ccccc2)C(O)[C@@H]1OC(=O)c1ccccc1)c1ccccc1. The maximum absolute atomic E-state index is 15.2. The number of aliphatic hydroxyl groups excluding tert-OH is 2. The Balaban J connectivity index is 1.02. The van der Waals surface area contributed by atoms with Gasteiger partial charge in [0.1, 0.15) is 50.3 Å². The van der Waals surface area contributed by atoms with E-state index in [2.05, 4.69) is 0 Å². The molecular formula is C81H68O25. The van der Waals surface area contributed by atoms with Crippen molar-refractivity contribution in [1.82, 2.24) is 0 Å². The van der Waals surface area contributed by atoms with Crippen molar-refractivity contribution in [2.24, 2.45) is 0 Å². The van der Waals surface area contributed by atoms with Crippen LogP contribution in [-0.2, 0) is 66.3 Å². The van der Waals surface area contributed by atoms with Gasteiger partial charge in [-0.1, -0.05) is 164 Å². The fourth-order valence-corrected chi connectivity index (χ4v) is 11.8. The summed E-state index contributed by atoms with van der Waals surface area (Å²) in [6.45, 7) is -2.57. The van der Waals surface area contributed by atoms with Gasteiger partial charge in [0, 0.05) is 0 Å². The smallest absolute Gasteiger partial charge is 0.338 e. The van der Waals surface area contributed by atoms with E-state index < -0.39 is 166 Å². The van der Waals surface area contributed by atoms with Crippen molar-refractivity contribution in [3.8, 4) is 0 Å². The molecule has 25 heteroatoms. The monoisotopic (exact) mass is 1440 g/mol. The molecule has 25 nitrogen and oxygen atoms in total. The molecular weight excluding hydrogens is 1370 g/mol. The van der Waals surface area contributed by atoms with Crippen molar-refractivity contribution >= 4 is 53.7 Å². The van der Waals surface area contributed by atoms with E-state index in [1.165, 1.54) is 170 Å². The number of carbonyl (C=O) groups excluding carboxylic acids is 9. The van der Waals surface area contributed by atoms with Crippen LogP contribution in [0.4, 0.5) is 0 Å². The Hall–Kier alpha value is -12.1. The van der Waals surface area contributed by atoms with Gasteiger partial charge in [0.15, 0.2) is 61.6 Å². The molecule has 12 rings (SSSR count). The quantitative estimate of drug-likeness (QED) is 0.0397. The Morgan fingerprint density at radius 1 is 0.236 bits per heavy atom. The molecule has 3 fully saturated rings. The van der Waals surface area contributed by atoms with E-state index in [1.807, 2.05) is 0 Å². The first-order chi connectivity index (χ1) is 51.6. The van der Waals surface area contributed by atoms with Crippen LogP contribution < -0.4 is 0 Å². The van der Waals surface area contributed by atoms with Gasteiger partial charge in [0.25, 0.3) is 0 Å². The first-order valence-corrected chi connectivity index (χ1v) is 33.5. The van der Waals surface area contributed by atoms with Crippen LogP contribution in [0.1, 0.15) is 93.2 Å². The van der Waals surface area contributed by atoms with Crippen LogP contribution in [0, 0.1) is 0 Å². The molecule has 0 aliphatic carbocycles. The van der Waals surface area contributed by atoms with Gasteiger partial charge < -0.3 is 76.5 Å². The fourth-order valence-electron chi connectivity index (χ4n) is 11.8. The summed E-state index contributed by atoms with van der Waals surface area (Å²) in [4.78, 5) is 130. The first-order valence-electron chi connectivity index (χ1n) is 33.5. The standard InChI is InChI=1S/C81H68O25/c82-61-62(99-73(86)52-34-16-4-17-35-52)58(46-93-70(83)49-28-10-1-11-29-49)97-80(65(61)102-76(89)55-40-22-7-23-41-55)105-67-64(101-75(88)54-38-20-6-21-39-54)60(48-95-72(85)51-32-14-3-15-33-51)98-81(69(67)104-78(91)57-44-26-9-27-45-57)106-68-66(103-77(90)56-42-24-8-25-43-56)63(100-74(87)53-36-18-5-19-37-53)59(96-79(68)92)47-94-71(84)50-30-12-2-13-31-50/h1-45,58-69,79-82,92H,46-48H2/t58?,59?,60?,61?,62-,63-,64-,65?,66?,67?,68?,69?,79+,80-,81-/m1/s1. The van der Waals surface area contributed by atoms with Gasteiger partial charge in [-0.25, -0.2) is 43.2 Å². The van der Waals surface area contributed by atoms with Crippen LogP contribution in [0.2, 0.25) is 0 Å². The zero-order chi connectivity index (χ0) is 73.9. The summed E-state index contributed by atoms with van der Waals surface area (Å²) in [5, 5.41) is 25.7. The van der Waals surface area contributed by atoms with Crippen LogP contribution in [0.25, 0.3) is 0 Å². The highest BCUT2D eigenvalue weighted by Gasteiger charge is 2.60. The third kappa shape index (κ3) is 18.5. The van der Waals surface area contributed by atoms with Gasteiger partial charge in [0.05, 0.1) is 50.1 Å². The molecule has 2 N–H and O–H groups in total. The lowest BCUT2D eigenvalue weighted by Crippen LogP contribution is -2.68. The van der Waals surface area contributed by atoms with E-state index in [-0.39, 0.29) is 50.1 Å². The lowest BCUT2D eigenvalue weighted by molar-refractivity contribution is -0.380. The number of hydrogen-bond acceptors (Lipinski definition) is 25. The van der Waals surface area contributed by atoms with Crippen molar-refractivity contribution in [2.45, 2.75) is 92.1 Å². The van der Waals surface area contributed by atoms with E-state index in [0.717, 1.165) is 0 Å². The molecule has 0 spiro atoms. The Kier molecular flexibility index (Phi) is 24.6. The zero-order valence-electron chi connectivity index (χ0n) is 56.0. The summed E-state index contributed by atoms with van der Waals surface area (Å²) in [6, 6.07) is 67.8. The number of rotatable bonds is 25. The highest BCUT2D eigenvalue weighted by Crippen LogP contribution is 2.39. The Morgan fingerprint density at radius 3 is 0.764 bits per heavy atom. The molecule has 542 valence electrons. The minimum absolute atomic E-state index is 0.0161. The molecule has 15 atom stereocenters. The molecule has 0 radical (unpaired) electrons. The number of ether oxygens (including phenoxy) is 14. The number of carbonyl (C=O) groups is 9. The third-order valence-corrected chi connectivity index (χ3v) is 17.1. The topological polar surface area (TPSA) is 323 Å². The highest BCUT2D eigenvalue weighted by molar-refractivity contribution is 5.94. The van der Waals surface area contributed by atoms with Gasteiger partial charge in [0.2, 0.25) is 0 Å². The minimum atomic E-state index is -2.37.